The summed E-state index contributed by atoms with van der Waals surface area (Å²) in [5, 5.41) is 21.4. The highest BCUT2D eigenvalue weighted by Crippen LogP contribution is 2.38. The number of nitrogen functional groups attached to an aromatic ring is 1. The van der Waals surface area contributed by atoms with Gasteiger partial charge in [0, 0.05) is 82.9 Å². The van der Waals surface area contributed by atoms with Crippen LogP contribution in [0.4, 0.5) is 24.5 Å². The van der Waals surface area contributed by atoms with Crippen LogP contribution in [0.1, 0.15) is 39.5 Å². The number of hydrogen-bond acceptors (Lipinski definition) is 11. The number of piperidine rings is 1. The summed E-state index contributed by atoms with van der Waals surface area (Å²) in [6, 6.07) is 4.34. The molecule has 0 unspecified atom stereocenters. The summed E-state index contributed by atoms with van der Waals surface area (Å²) < 4.78 is 48.6. The van der Waals surface area contributed by atoms with Crippen LogP contribution in [-0.4, -0.2) is 127 Å². The van der Waals surface area contributed by atoms with E-state index < -0.39 is 23.7 Å². The van der Waals surface area contributed by atoms with Gasteiger partial charge in [0.15, 0.2) is 16.5 Å². The highest BCUT2D eigenvalue weighted by atomic mass is 35.5. The van der Waals surface area contributed by atoms with Gasteiger partial charge in [-0.3, -0.25) is 14.4 Å². The number of aromatic nitrogens is 5. The molecule has 0 saturated carbocycles. The molecule has 21 heteroatoms. The molecular formula is C35H39ClF3N11O5S. The molecule has 0 bridgehead atoms. The zero-order valence-electron chi connectivity index (χ0n) is 30.2. The van der Waals surface area contributed by atoms with Crippen LogP contribution in [0.15, 0.2) is 36.8 Å². The predicted octanol–water partition coefficient (Wildman–Crippen LogP) is 1.72. The van der Waals surface area contributed by atoms with Gasteiger partial charge in [-0.2, -0.15) is 22.6 Å². The molecule has 6 heterocycles. The molecule has 0 spiro atoms. The molecule has 56 heavy (non-hydrogen) atoms. The van der Waals surface area contributed by atoms with Crippen molar-refractivity contribution in [2.75, 3.05) is 76.5 Å². The quantitative estimate of drug-likeness (QED) is 0.198. The highest BCUT2D eigenvalue weighted by Gasteiger charge is 2.42. The first-order valence-corrected chi connectivity index (χ1v) is 19.1. The van der Waals surface area contributed by atoms with E-state index in [1.165, 1.54) is 36.0 Å². The average molecular weight is 818 g/mol. The number of rotatable bonds is 10. The molecule has 298 valence electrons. The van der Waals surface area contributed by atoms with Crippen molar-refractivity contribution in [1.29, 1.82) is 0 Å². The van der Waals surface area contributed by atoms with Crippen molar-refractivity contribution >= 4 is 58.2 Å². The Bertz CT molecular complexity index is 2150. The van der Waals surface area contributed by atoms with Gasteiger partial charge in [0.25, 0.3) is 11.8 Å². The number of carboxylic acids is 1. The summed E-state index contributed by atoms with van der Waals surface area (Å²) in [6.07, 6.45) is -0.0366. The number of imidazole rings is 1. The van der Waals surface area contributed by atoms with Gasteiger partial charge >= 0.3 is 6.18 Å². The van der Waals surface area contributed by atoms with E-state index in [9.17, 15) is 37.5 Å². The molecular weight excluding hydrogens is 779 g/mol. The number of benzene rings is 1. The number of aliphatic carboxylic acids is 1. The lowest BCUT2D eigenvalue weighted by atomic mass is 9.90. The summed E-state index contributed by atoms with van der Waals surface area (Å²) in [4.78, 5) is 59.2. The van der Waals surface area contributed by atoms with E-state index in [0.29, 0.717) is 62.5 Å². The van der Waals surface area contributed by atoms with Gasteiger partial charge < -0.3 is 45.1 Å². The number of carbonyl (C=O) groups is 4. The molecule has 16 nitrogen and oxygen atoms in total. The Hall–Kier alpha value is -5.05. The summed E-state index contributed by atoms with van der Waals surface area (Å²) in [5.74, 6) is -2.11. The third kappa shape index (κ3) is 7.95. The minimum Gasteiger partial charge on any atom is -0.544 e. The van der Waals surface area contributed by atoms with E-state index in [2.05, 4.69) is 25.1 Å². The number of nitrogens with one attached hydrogen (secondary N) is 2. The molecule has 3 aliphatic rings. The second-order valence-electron chi connectivity index (χ2n) is 14.5. The van der Waals surface area contributed by atoms with E-state index in [4.69, 9.17) is 17.3 Å². The fraction of sp³-hybridized carbons (Fsp3) is 0.457. The number of carboxylic acid groups (broad SMARTS) is 1. The van der Waals surface area contributed by atoms with E-state index in [-0.39, 0.29) is 68.3 Å². The molecule has 3 amide bonds. The third-order valence-corrected chi connectivity index (χ3v) is 11.9. The zero-order valence-corrected chi connectivity index (χ0v) is 31.8. The van der Waals surface area contributed by atoms with Crippen molar-refractivity contribution in [3.05, 3.63) is 58.9 Å². The lowest BCUT2D eigenvalue weighted by Gasteiger charge is -2.47. The van der Waals surface area contributed by atoms with Crippen LogP contribution in [-0.2, 0) is 22.8 Å². The number of alkyl halides is 3. The lowest BCUT2D eigenvalue weighted by molar-refractivity contribution is -0.931. The number of carbonyl (C=O) groups excluding carboxylic acids is 4. The Balaban J connectivity index is 0.953. The van der Waals surface area contributed by atoms with E-state index in [0.717, 1.165) is 48.2 Å². The summed E-state index contributed by atoms with van der Waals surface area (Å²) in [6.45, 7) is 4.95. The van der Waals surface area contributed by atoms with Gasteiger partial charge in [-0.15, -0.1) is 0 Å². The molecule has 3 aliphatic heterocycles. The zero-order chi connectivity index (χ0) is 39.9. The van der Waals surface area contributed by atoms with Crippen molar-refractivity contribution in [2.45, 2.75) is 19.0 Å². The maximum atomic E-state index is 14.0. The number of nitrogens with zero attached hydrogens (tertiary/aromatic N) is 8. The molecule has 7 rings (SSSR count). The second kappa shape index (κ2) is 15.5. The van der Waals surface area contributed by atoms with E-state index in [1.807, 2.05) is 0 Å². The molecule has 3 fully saturated rings. The number of quaternary nitrogens is 1. The van der Waals surface area contributed by atoms with Crippen molar-refractivity contribution in [1.82, 2.24) is 38.8 Å². The molecule has 0 radical (unpaired) electrons. The Morgan fingerprint density at radius 2 is 1.79 bits per heavy atom. The van der Waals surface area contributed by atoms with Crippen molar-refractivity contribution in [3.63, 3.8) is 0 Å². The number of halogens is 4. The molecule has 3 aromatic heterocycles. The minimum atomic E-state index is -4.83. The smallest absolute Gasteiger partial charge is 0.435 e. The van der Waals surface area contributed by atoms with Crippen LogP contribution in [0.2, 0.25) is 5.02 Å². The summed E-state index contributed by atoms with van der Waals surface area (Å²) in [7, 11) is 1.39. The normalized spacial score (nSPS) is 20.5. The molecule has 0 atom stereocenters. The Morgan fingerprint density at radius 1 is 1.09 bits per heavy atom. The largest absolute Gasteiger partial charge is 0.544 e. The van der Waals surface area contributed by atoms with Crippen molar-refractivity contribution in [3.8, 4) is 16.3 Å². The van der Waals surface area contributed by atoms with Crippen LogP contribution in [0.3, 0.4) is 0 Å². The molecule has 1 aromatic carbocycles. The maximum Gasteiger partial charge on any atom is 0.435 e. The van der Waals surface area contributed by atoms with Crippen LogP contribution >= 0.6 is 23.1 Å². The maximum absolute atomic E-state index is 14.0. The molecule has 4 N–H and O–H groups in total. The van der Waals surface area contributed by atoms with E-state index >= 15 is 0 Å². The topological polar surface area (TPSA) is 196 Å². The average Bonchev–Trinajstić information content (AvgIpc) is 3.87. The van der Waals surface area contributed by atoms with Gasteiger partial charge in [-0.05, 0) is 29.7 Å². The highest BCUT2D eigenvalue weighted by molar-refractivity contribution is 7.09. The van der Waals surface area contributed by atoms with Gasteiger partial charge in [0.1, 0.15) is 6.54 Å². The minimum absolute atomic E-state index is 0.0172. The van der Waals surface area contributed by atoms with Crippen molar-refractivity contribution in [2.24, 2.45) is 18.9 Å². The van der Waals surface area contributed by atoms with Gasteiger partial charge in [0.2, 0.25) is 5.91 Å². The SMILES string of the molecule is Cn1c(-c2cn(-c3sncc3N)nc2C(F)(F)F)cnc1C(=O)Nc1ccc(C(=O)N2CCN(C(=O)C3CC[N+](CC(=O)[O-])(CC4CNC4)CC3)CC2)c(Cl)c1. The molecule has 0 aliphatic carbocycles. The Kier molecular flexibility index (Phi) is 10.8. The Labute approximate surface area is 327 Å². The third-order valence-electron chi connectivity index (χ3n) is 10.8. The second-order valence-corrected chi connectivity index (χ2v) is 15.7. The standard InChI is InChI=1S/C35H39ClF3N11O5S/c1-46-27(24-17-49(34-26(40)15-43-56-34)45-29(24)35(37,38)39)16-42-30(46)31(53)44-22-2-3-23(25(36)12-22)33(55)48-8-6-47(7-9-48)32(54)21-4-10-50(11-5-21,19-28(51)52)18-20-13-41-14-20/h2-3,12,15-17,20-21,41H,4-11,13-14,18-19,40H2,1H3,(H-,44,51,52,53,55). The first-order valence-electron chi connectivity index (χ1n) is 18.0. The van der Waals surface area contributed by atoms with Crippen molar-refractivity contribution < 1.29 is 41.9 Å². The van der Waals surface area contributed by atoms with Crippen LogP contribution in [0.5, 0.6) is 0 Å². The summed E-state index contributed by atoms with van der Waals surface area (Å²) in [5.41, 5.74) is 4.87. The Morgan fingerprint density at radius 3 is 2.38 bits per heavy atom. The van der Waals surface area contributed by atoms with Crippen LogP contribution < -0.4 is 21.5 Å². The summed E-state index contributed by atoms with van der Waals surface area (Å²) >= 11 is 7.40. The number of likely N-dealkylation sites (tertiary alicyclic amines) is 1. The van der Waals surface area contributed by atoms with E-state index in [1.54, 1.807) is 9.80 Å². The number of piperazine rings is 1. The number of hydrogen-bond donors (Lipinski definition) is 3. The molecule has 3 saturated heterocycles. The monoisotopic (exact) mass is 817 g/mol. The number of anilines is 2. The first-order chi connectivity index (χ1) is 26.6. The number of nitrogens with two attached hydrogens (primary N) is 1. The number of amides is 3. The van der Waals surface area contributed by atoms with Gasteiger partial charge in [0.05, 0.1) is 65.5 Å². The van der Waals surface area contributed by atoms with Gasteiger partial charge in [-0.25, -0.2) is 9.67 Å². The lowest BCUT2D eigenvalue weighted by Crippen LogP contribution is -2.63. The van der Waals surface area contributed by atoms with Crippen LogP contribution in [0, 0.1) is 11.8 Å². The van der Waals surface area contributed by atoms with Gasteiger partial charge in [-0.1, -0.05) is 11.6 Å². The fourth-order valence-corrected chi connectivity index (χ4v) is 8.60. The fourth-order valence-electron chi connectivity index (χ4n) is 7.74. The van der Waals surface area contributed by atoms with Crippen LogP contribution in [0.25, 0.3) is 16.3 Å². The first kappa shape index (κ1) is 39.2. The predicted molar refractivity (Wildman–Crippen MR) is 197 cm³/mol. The molecule has 4 aromatic rings.